The molecule has 0 unspecified atom stereocenters. The van der Waals surface area contributed by atoms with Gasteiger partial charge >= 0.3 is 5.97 Å². The summed E-state index contributed by atoms with van der Waals surface area (Å²) in [6.07, 6.45) is 0.847. The Bertz CT molecular complexity index is 600. The fourth-order valence-corrected chi connectivity index (χ4v) is 3.71. The number of carboxylic acids is 1. The molecule has 0 bridgehead atoms. The summed E-state index contributed by atoms with van der Waals surface area (Å²) in [5.41, 5.74) is 1.74. The summed E-state index contributed by atoms with van der Waals surface area (Å²) in [7, 11) is -3.78. The number of nitrogens with zero attached hydrogens (tertiary/aromatic N) is 1. The average Bonchev–Trinajstić information content (AvgIpc) is 2.43. The van der Waals surface area contributed by atoms with Crippen LogP contribution in [-0.4, -0.2) is 36.4 Å². The van der Waals surface area contributed by atoms with Crippen molar-refractivity contribution in [2.24, 2.45) is 0 Å². The predicted molar refractivity (Wildman–Crippen MR) is 74.3 cm³/mol. The maximum Gasteiger partial charge on any atom is 0.322 e. The van der Waals surface area contributed by atoms with E-state index in [1.165, 1.54) is 0 Å². The van der Waals surface area contributed by atoms with E-state index in [4.69, 9.17) is 0 Å². The summed E-state index contributed by atoms with van der Waals surface area (Å²) >= 11 is 0. The summed E-state index contributed by atoms with van der Waals surface area (Å²) in [6.45, 7) is 2.24. The Balaban J connectivity index is 2.33. The SMILES string of the molecule is CCCNS(=O)(=O)N1Cc2ccccc2C[C@@H]1C(=O)O. The lowest BCUT2D eigenvalue weighted by Crippen LogP contribution is -2.52. The van der Waals surface area contributed by atoms with Crippen molar-refractivity contribution in [2.45, 2.75) is 32.4 Å². The summed E-state index contributed by atoms with van der Waals surface area (Å²) < 4.78 is 27.9. The van der Waals surface area contributed by atoms with Crippen molar-refractivity contribution in [3.8, 4) is 0 Å². The fourth-order valence-electron chi connectivity index (χ4n) is 2.28. The first-order chi connectivity index (χ1) is 9.45. The first kappa shape index (κ1) is 15.0. The molecule has 2 rings (SSSR count). The van der Waals surface area contributed by atoms with Crippen molar-refractivity contribution < 1.29 is 18.3 Å². The van der Waals surface area contributed by atoms with E-state index in [1.807, 2.05) is 31.2 Å². The smallest absolute Gasteiger partial charge is 0.322 e. The van der Waals surface area contributed by atoms with Crippen molar-refractivity contribution in [3.63, 3.8) is 0 Å². The molecule has 1 aromatic rings. The fraction of sp³-hybridized carbons (Fsp3) is 0.462. The Morgan fingerprint density at radius 1 is 1.40 bits per heavy atom. The normalized spacial score (nSPS) is 19.6. The van der Waals surface area contributed by atoms with Crippen LogP contribution >= 0.6 is 0 Å². The molecule has 1 aromatic carbocycles. The first-order valence-electron chi connectivity index (χ1n) is 6.51. The van der Waals surface area contributed by atoms with Crippen LogP contribution in [0.4, 0.5) is 0 Å². The third-order valence-electron chi connectivity index (χ3n) is 3.33. The summed E-state index contributed by atoms with van der Waals surface area (Å²) in [5, 5.41) is 9.29. The van der Waals surface area contributed by atoms with Crippen LogP contribution in [0.5, 0.6) is 0 Å². The standard InChI is InChI=1S/C13H18N2O4S/c1-2-7-14-20(18,19)15-9-11-6-4-3-5-10(11)8-12(15)13(16)17/h3-6,12,14H,2,7-9H2,1H3,(H,16,17)/t12-/m1/s1. The third kappa shape index (κ3) is 3.00. The largest absolute Gasteiger partial charge is 0.480 e. The molecule has 0 saturated heterocycles. The van der Waals surface area contributed by atoms with Crippen molar-refractivity contribution in [1.82, 2.24) is 9.03 Å². The van der Waals surface area contributed by atoms with E-state index in [2.05, 4.69) is 4.72 Å². The highest BCUT2D eigenvalue weighted by molar-refractivity contribution is 7.87. The zero-order valence-electron chi connectivity index (χ0n) is 11.2. The van der Waals surface area contributed by atoms with E-state index >= 15 is 0 Å². The number of fused-ring (bicyclic) bond motifs is 1. The van der Waals surface area contributed by atoms with E-state index in [0.29, 0.717) is 13.0 Å². The molecule has 1 heterocycles. The maximum atomic E-state index is 12.2. The number of nitrogens with one attached hydrogen (secondary N) is 1. The Kier molecular flexibility index (Phi) is 4.42. The molecule has 0 fully saturated rings. The van der Waals surface area contributed by atoms with Gasteiger partial charge in [0.1, 0.15) is 6.04 Å². The maximum absolute atomic E-state index is 12.2. The minimum atomic E-state index is -3.78. The van der Waals surface area contributed by atoms with Crippen LogP contribution in [0.2, 0.25) is 0 Å². The second-order valence-corrected chi connectivity index (χ2v) is 6.48. The van der Waals surface area contributed by atoms with Crippen LogP contribution in [0.15, 0.2) is 24.3 Å². The van der Waals surface area contributed by atoms with Crippen LogP contribution in [0.25, 0.3) is 0 Å². The molecule has 1 aliphatic heterocycles. The van der Waals surface area contributed by atoms with Gasteiger partial charge in [-0.2, -0.15) is 12.7 Å². The van der Waals surface area contributed by atoms with Crippen molar-refractivity contribution in [3.05, 3.63) is 35.4 Å². The number of hydrogen-bond acceptors (Lipinski definition) is 3. The highest BCUT2D eigenvalue weighted by Gasteiger charge is 2.38. The van der Waals surface area contributed by atoms with Crippen LogP contribution in [0.1, 0.15) is 24.5 Å². The van der Waals surface area contributed by atoms with Crippen LogP contribution < -0.4 is 4.72 Å². The molecule has 1 aliphatic rings. The van der Waals surface area contributed by atoms with Gasteiger partial charge in [-0.25, -0.2) is 4.72 Å². The second kappa shape index (κ2) is 5.90. The zero-order chi connectivity index (χ0) is 14.8. The van der Waals surface area contributed by atoms with Gasteiger partial charge in [-0.3, -0.25) is 4.79 Å². The highest BCUT2D eigenvalue weighted by atomic mass is 32.2. The van der Waals surface area contributed by atoms with E-state index in [0.717, 1.165) is 15.4 Å². The highest BCUT2D eigenvalue weighted by Crippen LogP contribution is 2.25. The van der Waals surface area contributed by atoms with Gasteiger partial charge in [0.2, 0.25) is 0 Å². The molecule has 0 amide bonds. The number of carbonyl (C=O) groups is 1. The molecule has 6 nitrogen and oxygen atoms in total. The molecule has 7 heteroatoms. The minimum absolute atomic E-state index is 0.0895. The van der Waals surface area contributed by atoms with Crippen molar-refractivity contribution in [1.29, 1.82) is 0 Å². The average molecular weight is 298 g/mol. The Hall–Kier alpha value is -1.44. The van der Waals surface area contributed by atoms with Gasteiger partial charge in [-0.15, -0.1) is 0 Å². The summed E-state index contributed by atoms with van der Waals surface area (Å²) in [6, 6.07) is 6.27. The quantitative estimate of drug-likeness (QED) is 0.839. The van der Waals surface area contributed by atoms with E-state index in [1.54, 1.807) is 0 Å². The van der Waals surface area contributed by atoms with Gasteiger partial charge < -0.3 is 5.11 Å². The summed E-state index contributed by atoms with van der Waals surface area (Å²) in [4.78, 5) is 11.4. The van der Waals surface area contributed by atoms with Gasteiger partial charge in [-0.1, -0.05) is 31.2 Å². The zero-order valence-corrected chi connectivity index (χ0v) is 12.1. The topological polar surface area (TPSA) is 86.7 Å². The lowest BCUT2D eigenvalue weighted by Gasteiger charge is -2.33. The molecule has 0 aromatic heterocycles. The molecule has 2 N–H and O–H groups in total. The number of hydrogen-bond donors (Lipinski definition) is 2. The molecule has 1 atom stereocenters. The molecule has 0 radical (unpaired) electrons. The number of benzene rings is 1. The number of rotatable bonds is 5. The van der Waals surface area contributed by atoms with Gasteiger partial charge in [-0.05, 0) is 17.5 Å². The van der Waals surface area contributed by atoms with Crippen LogP contribution in [0, 0.1) is 0 Å². The van der Waals surface area contributed by atoms with Gasteiger partial charge in [0.25, 0.3) is 10.2 Å². The lowest BCUT2D eigenvalue weighted by atomic mass is 9.96. The van der Waals surface area contributed by atoms with Crippen LogP contribution in [0.3, 0.4) is 0 Å². The molecule has 110 valence electrons. The van der Waals surface area contributed by atoms with Crippen molar-refractivity contribution >= 4 is 16.2 Å². The monoisotopic (exact) mass is 298 g/mol. The molecule has 20 heavy (non-hydrogen) atoms. The molecule has 0 aliphatic carbocycles. The molecular weight excluding hydrogens is 280 g/mol. The second-order valence-electron chi connectivity index (χ2n) is 4.77. The molecular formula is C13H18N2O4S. The van der Waals surface area contributed by atoms with E-state index < -0.39 is 22.2 Å². The van der Waals surface area contributed by atoms with Gasteiger partial charge in [0.05, 0.1) is 0 Å². The predicted octanol–water partition coefficient (Wildman–Crippen LogP) is 0.742. The third-order valence-corrected chi connectivity index (χ3v) is 4.90. The van der Waals surface area contributed by atoms with Gasteiger partial charge in [0.15, 0.2) is 0 Å². The first-order valence-corrected chi connectivity index (χ1v) is 7.95. The lowest BCUT2D eigenvalue weighted by molar-refractivity contribution is -0.141. The van der Waals surface area contributed by atoms with Crippen molar-refractivity contribution in [2.75, 3.05) is 6.54 Å². The number of aliphatic carboxylic acids is 1. The van der Waals surface area contributed by atoms with Crippen LogP contribution in [-0.2, 0) is 28.0 Å². The van der Waals surface area contributed by atoms with Gasteiger partial charge in [0, 0.05) is 19.5 Å². The molecule has 0 saturated carbocycles. The Labute approximate surface area is 118 Å². The van der Waals surface area contributed by atoms with E-state index in [9.17, 15) is 18.3 Å². The Morgan fingerprint density at radius 2 is 2.05 bits per heavy atom. The minimum Gasteiger partial charge on any atom is -0.480 e. The molecule has 0 spiro atoms. The number of carboxylic acid groups (broad SMARTS) is 1. The van der Waals surface area contributed by atoms with E-state index in [-0.39, 0.29) is 13.0 Å². The summed E-state index contributed by atoms with van der Waals surface area (Å²) in [5.74, 6) is -1.12. The Morgan fingerprint density at radius 3 is 2.65 bits per heavy atom.